The van der Waals surface area contributed by atoms with Crippen molar-refractivity contribution in [3.05, 3.63) is 5.89 Å². The van der Waals surface area contributed by atoms with E-state index < -0.39 is 10.0 Å². The zero-order chi connectivity index (χ0) is 16.9. The van der Waals surface area contributed by atoms with E-state index in [4.69, 9.17) is 4.42 Å². The van der Waals surface area contributed by atoms with Gasteiger partial charge in [-0.3, -0.25) is 4.79 Å². The second-order valence-corrected chi connectivity index (χ2v) is 8.40. The Bertz CT molecular complexity index is 632. The van der Waals surface area contributed by atoms with Crippen LogP contribution in [0.15, 0.2) is 9.64 Å². The summed E-state index contributed by atoms with van der Waals surface area (Å²) in [5, 5.41) is 10.7. The highest BCUT2D eigenvalue weighted by Crippen LogP contribution is 2.22. The van der Waals surface area contributed by atoms with Gasteiger partial charge in [-0.1, -0.05) is 18.2 Å². The minimum atomic E-state index is -3.18. The third-order valence-electron chi connectivity index (χ3n) is 3.63. The van der Waals surface area contributed by atoms with Crippen molar-refractivity contribution in [1.29, 1.82) is 0 Å². The summed E-state index contributed by atoms with van der Waals surface area (Å²) in [6.45, 7) is 2.72. The molecule has 0 radical (unpaired) electrons. The van der Waals surface area contributed by atoms with Crippen molar-refractivity contribution in [2.24, 2.45) is 0 Å². The van der Waals surface area contributed by atoms with Crippen LogP contribution in [0, 0.1) is 6.92 Å². The van der Waals surface area contributed by atoms with E-state index >= 15 is 0 Å². The fraction of sp³-hybridized carbons (Fsp3) is 0.769. The number of aryl methyl sites for hydroxylation is 1. The first-order chi connectivity index (χ1) is 10.9. The Morgan fingerprint density at radius 2 is 2.22 bits per heavy atom. The molecule has 1 saturated heterocycles. The molecule has 0 saturated carbocycles. The van der Waals surface area contributed by atoms with Crippen molar-refractivity contribution in [2.75, 3.05) is 25.1 Å². The number of nitrogens with zero attached hydrogens (tertiary/aromatic N) is 3. The Morgan fingerprint density at radius 3 is 2.87 bits per heavy atom. The van der Waals surface area contributed by atoms with E-state index in [9.17, 15) is 13.2 Å². The van der Waals surface area contributed by atoms with Gasteiger partial charge in [-0.2, -0.15) is 4.31 Å². The average Bonchev–Trinajstić information content (AvgIpc) is 2.90. The van der Waals surface area contributed by atoms with Crippen LogP contribution in [0.1, 0.15) is 31.6 Å². The zero-order valence-electron chi connectivity index (χ0n) is 13.3. The van der Waals surface area contributed by atoms with Crippen LogP contribution in [0.3, 0.4) is 0 Å². The number of thioether (sulfide) groups is 1. The smallest absolute Gasteiger partial charge is 0.277 e. The second-order valence-electron chi connectivity index (χ2n) is 5.54. The molecule has 1 amide bonds. The molecule has 1 fully saturated rings. The molecule has 2 heterocycles. The summed E-state index contributed by atoms with van der Waals surface area (Å²) < 4.78 is 30.3. The van der Waals surface area contributed by atoms with E-state index in [1.165, 1.54) is 18.0 Å². The van der Waals surface area contributed by atoms with Crippen LogP contribution >= 0.6 is 11.8 Å². The molecule has 23 heavy (non-hydrogen) atoms. The fourth-order valence-electron chi connectivity index (χ4n) is 2.59. The Morgan fingerprint density at radius 1 is 1.43 bits per heavy atom. The van der Waals surface area contributed by atoms with Crippen molar-refractivity contribution in [3.63, 3.8) is 0 Å². The van der Waals surface area contributed by atoms with Gasteiger partial charge in [0.1, 0.15) is 0 Å². The van der Waals surface area contributed by atoms with E-state index in [2.05, 4.69) is 15.5 Å². The number of hydrogen-bond acceptors (Lipinski definition) is 7. The third-order valence-corrected chi connectivity index (χ3v) is 5.78. The highest BCUT2D eigenvalue weighted by atomic mass is 32.2. The molecule has 1 aromatic rings. The van der Waals surface area contributed by atoms with Crippen molar-refractivity contribution >= 4 is 27.7 Å². The van der Waals surface area contributed by atoms with Gasteiger partial charge in [0.2, 0.25) is 21.8 Å². The molecule has 1 aliphatic heterocycles. The first-order valence-electron chi connectivity index (χ1n) is 7.52. The van der Waals surface area contributed by atoms with Crippen LogP contribution in [0.25, 0.3) is 0 Å². The number of hydrogen-bond donors (Lipinski definition) is 1. The molecule has 130 valence electrons. The summed E-state index contributed by atoms with van der Waals surface area (Å²) in [5.41, 5.74) is 0. The number of amides is 1. The topological polar surface area (TPSA) is 105 Å². The summed E-state index contributed by atoms with van der Waals surface area (Å²) in [7, 11) is -3.18. The molecule has 1 aromatic heterocycles. The maximum atomic E-state index is 11.8. The number of rotatable bonds is 7. The van der Waals surface area contributed by atoms with Crippen LogP contribution in [0.5, 0.6) is 0 Å². The molecule has 1 aliphatic rings. The van der Waals surface area contributed by atoms with E-state index in [-0.39, 0.29) is 17.7 Å². The van der Waals surface area contributed by atoms with Crippen LogP contribution in [-0.2, 0) is 14.8 Å². The zero-order valence-corrected chi connectivity index (χ0v) is 15.0. The standard InChI is InChI=1S/C13H22N4O4S2/c1-10-15-16-13(21-10)22-9-12(18)14-7-6-11-5-3-4-8-17(11)23(2,19)20/h11H,3-9H2,1-2H3,(H,14,18)/t11-/m1/s1. The predicted molar refractivity (Wildman–Crippen MR) is 86.6 cm³/mol. The number of sulfonamides is 1. The fourth-order valence-corrected chi connectivity index (χ4v) is 4.44. The lowest BCUT2D eigenvalue weighted by Crippen LogP contribution is -2.44. The summed E-state index contributed by atoms with van der Waals surface area (Å²) in [6, 6.07) is -0.0229. The van der Waals surface area contributed by atoms with Gasteiger partial charge in [0, 0.05) is 26.1 Å². The van der Waals surface area contributed by atoms with Gasteiger partial charge in [-0.15, -0.1) is 10.2 Å². The van der Waals surface area contributed by atoms with E-state index in [1.54, 1.807) is 11.2 Å². The van der Waals surface area contributed by atoms with Gasteiger partial charge in [-0.25, -0.2) is 8.42 Å². The summed E-state index contributed by atoms with van der Waals surface area (Å²) >= 11 is 1.18. The molecular formula is C13H22N4O4S2. The normalized spacial score (nSPS) is 19.7. The van der Waals surface area contributed by atoms with Crippen molar-refractivity contribution in [3.8, 4) is 0 Å². The summed E-state index contributed by atoms with van der Waals surface area (Å²) in [5.74, 6) is 0.529. The van der Waals surface area contributed by atoms with Gasteiger partial charge in [0.05, 0.1) is 12.0 Å². The molecule has 0 aliphatic carbocycles. The van der Waals surface area contributed by atoms with Gasteiger partial charge >= 0.3 is 0 Å². The largest absolute Gasteiger partial charge is 0.416 e. The number of aromatic nitrogens is 2. The van der Waals surface area contributed by atoms with Gasteiger partial charge in [0.25, 0.3) is 5.22 Å². The number of carbonyl (C=O) groups is 1. The van der Waals surface area contributed by atoms with E-state index in [0.29, 0.717) is 30.6 Å². The molecule has 8 nitrogen and oxygen atoms in total. The molecular weight excluding hydrogens is 340 g/mol. The molecule has 10 heteroatoms. The summed E-state index contributed by atoms with van der Waals surface area (Å²) in [4.78, 5) is 11.8. The predicted octanol–water partition coefficient (Wildman–Crippen LogP) is 0.791. The van der Waals surface area contributed by atoms with Crippen LogP contribution < -0.4 is 5.32 Å². The number of nitrogens with one attached hydrogen (secondary N) is 1. The third kappa shape index (κ3) is 5.78. The minimum Gasteiger partial charge on any atom is -0.416 e. The average molecular weight is 362 g/mol. The monoisotopic (exact) mass is 362 g/mol. The Kier molecular flexibility index (Phi) is 6.42. The lowest BCUT2D eigenvalue weighted by molar-refractivity contribution is -0.118. The number of piperidine rings is 1. The molecule has 1 atom stereocenters. The first-order valence-corrected chi connectivity index (χ1v) is 10.4. The van der Waals surface area contributed by atoms with Crippen LogP contribution in [-0.4, -0.2) is 60.0 Å². The molecule has 0 unspecified atom stereocenters. The van der Waals surface area contributed by atoms with Crippen LogP contribution in [0.4, 0.5) is 0 Å². The second kappa shape index (κ2) is 8.11. The van der Waals surface area contributed by atoms with E-state index in [1.807, 2.05) is 0 Å². The Balaban J connectivity index is 1.71. The highest BCUT2D eigenvalue weighted by molar-refractivity contribution is 7.99. The number of carbonyl (C=O) groups excluding carboxylic acids is 1. The summed E-state index contributed by atoms with van der Waals surface area (Å²) in [6.07, 6.45) is 4.64. The van der Waals surface area contributed by atoms with Crippen molar-refractivity contribution < 1.29 is 17.6 Å². The Hall–Kier alpha value is -1.13. The van der Waals surface area contributed by atoms with Crippen LogP contribution in [0.2, 0.25) is 0 Å². The minimum absolute atomic E-state index is 0.0229. The SMILES string of the molecule is Cc1nnc(SCC(=O)NCC[C@H]2CCCCN2S(C)(=O)=O)o1. The van der Waals surface area contributed by atoms with Crippen molar-refractivity contribution in [2.45, 2.75) is 43.9 Å². The quantitative estimate of drug-likeness (QED) is 0.715. The molecule has 0 spiro atoms. The molecule has 2 rings (SSSR count). The van der Waals surface area contributed by atoms with Gasteiger partial charge < -0.3 is 9.73 Å². The molecule has 0 aromatic carbocycles. The maximum Gasteiger partial charge on any atom is 0.277 e. The molecule has 0 bridgehead atoms. The van der Waals surface area contributed by atoms with Crippen molar-refractivity contribution in [1.82, 2.24) is 19.8 Å². The highest BCUT2D eigenvalue weighted by Gasteiger charge is 2.28. The first kappa shape index (κ1) is 18.2. The van der Waals surface area contributed by atoms with Gasteiger partial charge in [-0.05, 0) is 19.3 Å². The van der Waals surface area contributed by atoms with E-state index in [0.717, 1.165) is 19.3 Å². The lowest BCUT2D eigenvalue weighted by atomic mass is 10.0. The Labute approximate surface area is 140 Å². The molecule has 1 N–H and O–H groups in total. The van der Waals surface area contributed by atoms with Gasteiger partial charge in [0.15, 0.2) is 0 Å². The maximum absolute atomic E-state index is 11.8. The lowest BCUT2D eigenvalue weighted by Gasteiger charge is -2.33.